The number of nitrogens with one attached hydrogen (secondary N) is 2. The van der Waals surface area contributed by atoms with Crippen molar-refractivity contribution in [3.63, 3.8) is 0 Å². The van der Waals surface area contributed by atoms with Crippen molar-refractivity contribution in [3.8, 4) is 0 Å². The summed E-state index contributed by atoms with van der Waals surface area (Å²) in [6, 6.07) is 13.0. The summed E-state index contributed by atoms with van der Waals surface area (Å²) in [6.07, 6.45) is 4.74. The number of hydrogen-bond donors (Lipinski definition) is 2. The maximum absolute atomic E-state index is 13.3. The van der Waals surface area contributed by atoms with Gasteiger partial charge in [-0.25, -0.2) is 9.37 Å². The zero-order valence-corrected chi connectivity index (χ0v) is 20.3. The molecular weight excluding hydrogens is 475 g/mol. The van der Waals surface area contributed by atoms with E-state index in [1.54, 1.807) is 40.1 Å². The number of hydrogen-bond acceptors (Lipinski definition) is 8. The molecule has 5 rings (SSSR count). The van der Waals surface area contributed by atoms with Crippen molar-refractivity contribution >= 4 is 46.6 Å². The lowest BCUT2D eigenvalue weighted by Gasteiger charge is -2.35. The van der Waals surface area contributed by atoms with E-state index in [0.29, 0.717) is 54.0 Å². The van der Waals surface area contributed by atoms with Crippen molar-refractivity contribution in [1.29, 1.82) is 0 Å². The van der Waals surface area contributed by atoms with Gasteiger partial charge in [0.15, 0.2) is 5.82 Å². The second kappa shape index (κ2) is 10.2. The van der Waals surface area contributed by atoms with Crippen LogP contribution in [0.4, 0.5) is 33.2 Å². The van der Waals surface area contributed by atoms with Gasteiger partial charge < -0.3 is 15.5 Å². The highest BCUT2D eigenvalue weighted by molar-refractivity contribution is 6.21. The number of rotatable bonds is 7. The van der Waals surface area contributed by atoms with Crippen molar-refractivity contribution in [2.45, 2.75) is 0 Å². The Morgan fingerprint density at radius 1 is 1.16 bits per heavy atom. The number of benzene rings is 2. The average molecular weight is 501 g/mol. The molecule has 2 N–H and O–H groups in total. The third-order valence-corrected chi connectivity index (χ3v) is 5.69. The van der Waals surface area contributed by atoms with E-state index in [1.807, 2.05) is 31.1 Å². The van der Waals surface area contributed by atoms with E-state index in [4.69, 9.17) is 0 Å². The molecule has 0 fully saturated rings. The summed E-state index contributed by atoms with van der Waals surface area (Å²) in [5.74, 6) is 0.223. The lowest BCUT2D eigenvalue weighted by Crippen LogP contribution is -2.48. The average Bonchev–Trinajstić information content (AvgIpc) is 3.35. The van der Waals surface area contributed by atoms with E-state index in [9.17, 15) is 14.0 Å². The Kier molecular flexibility index (Phi) is 6.60. The molecule has 188 valence electrons. The van der Waals surface area contributed by atoms with Gasteiger partial charge in [0.25, 0.3) is 5.91 Å². The van der Waals surface area contributed by atoms with Crippen LogP contribution in [0, 0.1) is 5.82 Å². The monoisotopic (exact) mass is 500 g/mol. The molecule has 10 nitrogen and oxygen atoms in total. The van der Waals surface area contributed by atoms with Crippen molar-refractivity contribution in [3.05, 3.63) is 78.3 Å². The Balaban J connectivity index is 1.48. The van der Waals surface area contributed by atoms with Crippen molar-refractivity contribution in [2.75, 3.05) is 49.3 Å². The fourth-order valence-electron chi connectivity index (χ4n) is 3.99. The Hall–Kier alpha value is -4.64. The lowest BCUT2D eigenvalue weighted by molar-refractivity contribution is -0.111. The number of carbonyl (C=O) groups is 2. The second-order valence-corrected chi connectivity index (χ2v) is 8.74. The molecule has 0 aliphatic carbocycles. The molecule has 0 spiro atoms. The molecule has 2 amide bonds. The number of carbonyl (C=O) groups excluding carboxylic acids is 2. The molecule has 11 heteroatoms. The number of nitrogens with zero attached hydrogens (tertiary/aromatic N) is 6. The molecule has 0 unspecified atom stereocenters. The number of anilines is 5. The quantitative estimate of drug-likeness (QED) is 0.479. The van der Waals surface area contributed by atoms with Gasteiger partial charge >= 0.3 is 0 Å². The maximum Gasteiger partial charge on any atom is 0.266 e. The predicted molar refractivity (Wildman–Crippen MR) is 140 cm³/mol. The molecule has 37 heavy (non-hydrogen) atoms. The van der Waals surface area contributed by atoms with Crippen LogP contribution < -0.4 is 15.5 Å². The predicted octanol–water partition coefficient (Wildman–Crippen LogP) is 3.38. The highest BCUT2D eigenvalue weighted by Crippen LogP contribution is 2.36. The summed E-state index contributed by atoms with van der Waals surface area (Å²) in [6.45, 7) is 1.56. The van der Waals surface area contributed by atoms with Crippen LogP contribution >= 0.6 is 0 Å². The van der Waals surface area contributed by atoms with Crippen LogP contribution in [0.25, 0.3) is 0 Å². The standard InChI is InChI=1S/C26H25FN8O2/c1-33(2)13-4-7-22(36)30-19-5-3-6-20(15-19)35-23-21(24(37)34-14-12-28-26(34)35)16-29-25(32-23)31-18-10-8-17(27)9-11-18/h3-11,15-16H,12-14H2,1-2H3,(H,30,36)(H,29,31,32)/b7-4+. The van der Waals surface area contributed by atoms with Crippen LogP contribution in [0.2, 0.25) is 0 Å². The summed E-state index contributed by atoms with van der Waals surface area (Å²) in [7, 11) is 3.85. The van der Waals surface area contributed by atoms with Crippen molar-refractivity contribution in [1.82, 2.24) is 19.8 Å². The zero-order chi connectivity index (χ0) is 25.9. The Labute approximate surface area is 213 Å². The molecule has 0 saturated heterocycles. The van der Waals surface area contributed by atoms with Gasteiger partial charge in [0, 0.05) is 36.7 Å². The zero-order valence-electron chi connectivity index (χ0n) is 20.3. The first kappa shape index (κ1) is 24.1. The maximum atomic E-state index is 13.3. The summed E-state index contributed by atoms with van der Waals surface area (Å²) in [4.78, 5) is 44.3. The van der Waals surface area contributed by atoms with E-state index in [2.05, 4.69) is 25.6 Å². The molecular formula is C26H25FN8O2. The Bertz CT molecular complexity index is 1400. The van der Waals surface area contributed by atoms with Gasteiger partial charge in [-0.15, -0.1) is 0 Å². The van der Waals surface area contributed by atoms with Crippen LogP contribution in [0.1, 0.15) is 10.4 Å². The third kappa shape index (κ3) is 5.16. The minimum absolute atomic E-state index is 0.230. The van der Waals surface area contributed by atoms with E-state index < -0.39 is 0 Å². The van der Waals surface area contributed by atoms with Gasteiger partial charge in [-0.3, -0.25) is 24.4 Å². The molecule has 0 bridgehead atoms. The largest absolute Gasteiger partial charge is 0.324 e. The molecule has 0 atom stereocenters. The number of aromatic nitrogens is 2. The number of guanidine groups is 1. The molecule has 3 aromatic rings. The topological polar surface area (TPSA) is 106 Å². The van der Waals surface area contributed by atoms with Crippen LogP contribution in [0.3, 0.4) is 0 Å². The van der Waals surface area contributed by atoms with E-state index in [-0.39, 0.29) is 23.6 Å². The smallest absolute Gasteiger partial charge is 0.266 e. The number of likely N-dealkylation sites (N-methyl/N-ethyl adjacent to an activating group) is 1. The molecule has 2 aliphatic rings. The van der Waals surface area contributed by atoms with Gasteiger partial charge in [0.1, 0.15) is 11.4 Å². The fraction of sp³-hybridized carbons (Fsp3) is 0.192. The van der Waals surface area contributed by atoms with Gasteiger partial charge in [0.2, 0.25) is 17.8 Å². The number of amides is 2. The summed E-state index contributed by atoms with van der Waals surface area (Å²) >= 11 is 0. The highest BCUT2D eigenvalue weighted by Gasteiger charge is 2.39. The summed E-state index contributed by atoms with van der Waals surface area (Å²) < 4.78 is 13.3. The first-order valence-electron chi connectivity index (χ1n) is 11.7. The minimum atomic E-state index is -0.354. The third-order valence-electron chi connectivity index (χ3n) is 5.69. The van der Waals surface area contributed by atoms with Crippen LogP contribution in [-0.4, -0.2) is 71.3 Å². The van der Waals surface area contributed by atoms with Gasteiger partial charge in [-0.1, -0.05) is 12.1 Å². The number of halogens is 1. The van der Waals surface area contributed by atoms with E-state index in [0.717, 1.165) is 0 Å². The molecule has 2 aromatic carbocycles. The van der Waals surface area contributed by atoms with Crippen molar-refractivity contribution in [2.24, 2.45) is 4.99 Å². The van der Waals surface area contributed by atoms with Gasteiger partial charge in [0.05, 0.1) is 12.2 Å². The number of aliphatic imine (C=N–C) groups is 1. The van der Waals surface area contributed by atoms with E-state index in [1.165, 1.54) is 24.4 Å². The van der Waals surface area contributed by atoms with Crippen LogP contribution in [0.5, 0.6) is 0 Å². The Morgan fingerprint density at radius 2 is 1.97 bits per heavy atom. The first-order chi connectivity index (χ1) is 17.9. The molecule has 2 aliphatic heterocycles. The highest BCUT2D eigenvalue weighted by atomic mass is 19.1. The van der Waals surface area contributed by atoms with Crippen LogP contribution in [-0.2, 0) is 4.79 Å². The molecule has 0 radical (unpaired) electrons. The van der Waals surface area contributed by atoms with Gasteiger partial charge in [-0.05, 0) is 56.6 Å². The molecule has 3 heterocycles. The Morgan fingerprint density at radius 3 is 2.76 bits per heavy atom. The molecule has 0 saturated carbocycles. The summed E-state index contributed by atoms with van der Waals surface area (Å²) in [5.41, 5.74) is 2.17. The van der Waals surface area contributed by atoms with Gasteiger partial charge in [-0.2, -0.15) is 4.98 Å². The molecule has 1 aromatic heterocycles. The fourth-order valence-corrected chi connectivity index (χ4v) is 3.99. The lowest BCUT2D eigenvalue weighted by atomic mass is 10.1. The SMILES string of the molecule is CN(C)C/C=C/C(=O)Nc1cccc(N2C3=NCCN3C(=O)c3cnc(Nc4ccc(F)cc4)nc32)c1. The minimum Gasteiger partial charge on any atom is -0.324 e. The number of fused-ring (bicyclic) bond motifs is 2. The first-order valence-corrected chi connectivity index (χ1v) is 11.7. The van der Waals surface area contributed by atoms with E-state index >= 15 is 0 Å². The normalized spacial score (nSPS) is 14.6. The van der Waals surface area contributed by atoms with Crippen molar-refractivity contribution < 1.29 is 14.0 Å². The van der Waals surface area contributed by atoms with Crippen LogP contribution in [0.15, 0.2) is 71.9 Å². The second-order valence-electron chi connectivity index (χ2n) is 8.74. The summed E-state index contributed by atoms with van der Waals surface area (Å²) in [5, 5.41) is 5.91.